The number of hydrogen-bond donors (Lipinski definition) is 1. The molecule has 0 spiro atoms. The van der Waals surface area contributed by atoms with Crippen LogP contribution < -0.4 is 5.32 Å². The maximum absolute atomic E-state index is 11.8. The van der Waals surface area contributed by atoms with Crippen molar-refractivity contribution in [3.8, 4) is 0 Å². The summed E-state index contributed by atoms with van der Waals surface area (Å²) in [5.41, 5.74) is 0.935. The average molecular weight is 862 g/mol. The number of hydrogen-bond acceptors (Lipinski definition) is 15. The van der Waals surface area contributed by atoms with Crippen LogP contribution in [0.1, 0.15) is 76.7 Å². The molecule has 1 aromatic carbocycles. The van der Waals surface area contributed by atoms with Gasteiger partial charge in [0.2, 0.25) is 0 Å². The third-order valence-electron chi connectivity index (χ3n) is 8.42. The van der Waals surface area contributed by atoms with Crippen LogP contribution in [0.5, 0.6) is 0 Å². The van der Waals surface area contributed by atoms with Crippen LogP contribution in [0.25, 0.3) is 0 Å². The number of rotatable bonds is 48. The molecule has 0 saturated heterocycles. The number of unbranched alkanes of at least 4 members (excludes halogenated alkanes) is 8. The van der Waals surface area contributed by atoms with Crippen LogP contribution in [0.3, 0.4) is 0 Å². The highest BCUT2D eigenvalue weighted by molar-refractivity contribution is 5.69. The van der Waals surface area contributed by atoms with E-state index in [1.54, 1.807) is 0 Å². The lowest BCUT2D eigenvalue weighted by molar-refractivity contribution is -0.145. The van der Waals surface area contributed by atoms with E-state index in [-0.39, 0.29) is 19.2 Å². The van der Waals surface area contributed by atoms with Gasteiger partial charge in [0.15, 0.2) is 0 Å². The lowest BCUT2D eigenvalue weighted by Gasteiger charge is -2.09. The second-order valence-electron chi connectivity index (χ2n) is 13.5. The normalized spacial score (nSPS) is 11.3. The average Bonchev–Trinajstić information content (AvgIpc) is 3.26. The van der Waals surface area contributed by atoms with E-state index in [1.165, 1.54) is 44.9 Å². The van der Waals surface area contributed by atoms with E-state index in [1.807, 2.05) is 30.3 Å². The summed E-state index contributed by atoms with van der Waals surface area (Å²) < 4.78 is 70.7. The molecule has 1 N–H and O–H groups in total. The molecular weight excluding hydrogens is 782 g/mol. The van der Waals surface area contributed by atoms with Gasteiger partial charge in [-0.2, -0.15) is 0 Å². The molecule has 0 aliphatic heterocycles. The zero-order chi connectivity index (χ0) is 42.9. The molecule has 16 heteroatoms. The minimum atomic E-state index is -0.472. The van der Waals surface area contributed by atoms with Crippen molar-refractivity contribution in [3.05, 3.63) is 35.9 Å². The smallest absolute Gasteiger partial charge is 0.407 e. The number of ether oxygens (including phenoxy) is 13. The zero-order valence-electron chi connectivity index (χ0n) is 36.8. The summed E-state index contributed by atoms with van der Waals surface area (Å²) in [6.45, 7) is 13.3. The molecule has 0 bridgehead atoms. The lowest BCUT2D eigenvalue weighted by Crippen LogP contribution is -2.28. The fourth-order valence-electron chi connectivity index (χ4n) is 5.17. The SMILES string of the molecule is CCCCCCCCCCCC(=O)OCCOCCOCCOCCOCCOCCOCCOCCOCCOCCOCCOCCNC(=O)OCc1ccccc1. The Bertz CT molecular complexity index is 1030. The molecule has 0 heterocycles. The fraction of sp³-hybridized carbons (Fsp3) is 0.818. The fourth-order valence-corrected chi connectivity index (χ4v) is 5.17. The minimum Gasteiger partial charge on any atom is -0.463 e. The van der Waals surface area contributed by atoms with Gasteiger partial charge in [-0.05, 0) is 12.0 Å². The van der Waals surface area contributed by atoms with E-state index in [0.29, 0.717) is 158 Å². The number of carbonyl (C=O) groups excluding carboxylic acids is 2. The lowest BCUT2D eigenvalue weighted by atomic mass is 10.1. The van der Waals surface area contributed by atoms with Gasteiger partial charge in [-0.3, -0.25) is 4.79 Å². The molecule has 16 nitrogen and oxygen atoms in total. The minimum absolute atomic E-state index is 0.141. The van der Waals surface area contributed by atoms with Crippen molar-refractivity contribution in [1.82, 2.24) is 5.32 Å². The van der Waals surface area contributed by atoms with Gasteiger partial charge in [0.25, 0.3) is 0 Å². The number of carbonyl (C=O) groups is 2. The van der Waals surface area contributed by atoms with Gasteiger partial charge in [-0.15, -0.1) is 0 Å². The first-order chi connectivity index (χ1) is 29.7. The third kappa shape index (κ3) is 43.6. The standard InChI is InChI=1S/C44H79NO15/c1-2-3-4-5-6-7-8-9-13-16-43(46)59-40-39-58-38-37-57-36-35-56-34-33-55-32-31-54-30-29-53-28-27-52-26-25-51-24-23-50-22-21-49-20-19-48-18-17-45-44(47)60-41-42-14-11-10-12-15-42/h10-12,14-15H,2-9,13,16-41H2,1H3,(H,45,47). The Morgan fingerprint density at radius 3 is 1.12 bits per heavy atom. The van der Waals surface area contributed by atoms with Gasteiger partial charge in [-0.1, -0.05) is 88.6 Å². The van der Waals surface area contributed by atoms with E-state index >= 15 is 0 Å². The second kappa shape index (κ2) is 47.6. The van der Waals surface area contributed by atoms with Crippen LogP contribution in [-0.2, 0) is 73.0 Å². The number of alkyl carbamates (subject to hydrolysis) is 1. The maximum Gasteiger partial charge on any atom is 0.407 e. The van der Waals surface area contributed by atoms with Crippen molar-refractivity contribution < 1.29 is 71.2 Å². The van der Waals surface area contributed by atoms with Crippen molar-refractivity contribution in [2.24, 2.45) is 0 Å². The Morgan fingerprint density at radius 2 is 0.733 bits per heavy atom. The Hall–Kier alpha value is -2.48. The molecule has 0 radical (unpaired) electrons. The van der Waals surface area contributed by atoms with Crippen LogP contribution in [-0.4, -0.2) is 171 Å². The Morgan fingerprint density at radius 1 is 0.400 bits per heavy atom. The highest BCUT2D eigenvalue weighted by Gasteiger charge is 2.04. The molecule has 60 heavy (non-hydrogen) atoms. The summed E-state index contributed by atoms with van der Waals surface area (Å²) in [5.74, 6) is -0.141. The van der Waals surface area contributed by atoms with Gasteiger partial charge in [0, 0.05) is 13.0 Å². The molecule has 1 aromatic rings. The van der Waals surface area contributed by atoms with E-state index in [4.69, 9.17) is 61.6 Å². The molecular formula is C44H79NO15. The van der Waals surface area contributed by atoms with Crippen LogP contribution in [0, 0.1) is 0 Å². The van der Waals surface area contributed by atoms with Crippen molar-refractivity contribution >= 4 is 12.1 Å². The molecule has 0 atom stereocenters. The van der Waals surface area contributed by atoms with Crippen LogP contribution in [0.2, 0.25) is 0 Å². The van der Waals surface area contributed by atoms with Gasteiger partial charge < -0.3 is 66.9 Å². The second-order valence-corrected chi connectivity index (χ2v) is 13.5. The van der Waals surface area contributed by atoms with Crippen LogP contribution >= 0.6 is 0 Å². The number of amides is 1. The first-order valence-electron chi connectivity index (χ1n) is 22.2. The van der Waals surface area contributed by atoms with Crippen molar-refractivity contribution in [1.29, 1.82) is 0 Å². The van der Waals surface area contributed by atoms with E-state index in [9.17, 15) is 9.59 Å². The number of nitrogens with one attached hydrogen (secondary N) is 1. The Labute approximate surface area is 360 Å². The van der Waals surface area contributed by atoms with Crippen molar-refractivity contribution in [3.63, 3.8) is 0 Å². The van der Waals surface area contributed by atoms with Gasteiger partial charge in [-0.25, -0.2) is 4.79 Å². The van der Waals surface area contributed by atoms with E-state index in [2.05, 4.69) is 12.2 Å². The van der Waals surface area contributed by atoms with Crippen LogP contribution in [0.15, 0.2) is 30.3 Å². The third-order valence-corrected chi connectivity index (χ3v) is 8.42. The summed E-state index contributed by atoms with van der Waals surface area (Å²) in [6, 6.07) is 9.50. The summed E-state index contributed by atoms with van der Waals surface area (Å²) in [4.78, 5) is 23.5. The predicted molar refractivity (Wildman–Crippen MR) is 226 cm³/mol. The van der Waals surface area contributed by atoms with Gasteiger partial charge in [0.1, 0.15) is 13.2 Å². The first kappa shape index (κ1) is 55.5. The highest BCUT2D eigenvalue weighted by atomic mass is 16.6. The Kier molecular flexibility index (Phi) is 44.0. The monoisotopic (exact) mass is 862 g/mol. The molecule has 0 aliphatic carbocycles. The molecule has 0 fully saturated rings. The summed E-state index contributed by atoms with van der Waals surface area (Å²) in [5, 5.41) is 2.64. The quantitative estimate of drug-likeness (QED) is 0.0639. The predicted octanol–water partition coefficient (Wildman–Crippen LogP) is 5.56. The molecule has 0 aliphatic rings. The molecule has 0 aromatic heterocycles. The largest absolute Gasteiger partial charge is 0.463 e. The van der Waals surface area contributed by atoms with E-state index < -0.39 is 6.09 Å². The molecule has 1 amide bonds. The number of esters is 1. The summed E-state index contributed by atoms with van der Waals surface area (Å²) in [6.07, 6.45) is 11.1. The summed E-state index contributed by atoms with van der Waals surface area (Å²) >= 11 is 0. The van der Waals surface area contributed by atoms with E-state index in [0.717, 1.165) is 18.4 Å². The highest BCUT2D eigenvalue weighted by Crippen LogP contribution is 2.11. The maximum atomic E-state index is 11.8. The topological polar surface area (TPSA) is 166 Å². The Balaban J connectivity index is 1.63. The summed E-state index contributed by atoms with van der Waals surface area (Å²) in [7, 11) is 0. The first-order valence-corrected chi connectivity index (χ1v) is 22.2. The van der Waals surface area contributed by atoms with Crippen molar-refractivity contribution in [2.75, 3.05) is 159 Å². The van der Waals surface area contributed by atoms with Gasteiger partial charge >= 0.3 is 12.1 Å². The molecule has 0 saturated carbocycles. The van der Waals surface area contributed by atoms with Gasteiger partial charge in [0.05, 0.1) is 145 Å². The molecule has 1 rings (SSSR count). The number of benzene rings is 1. The zero-order valence-corrected chi connectivity index (χ0v) is 36.8. The van der Waals surface area contributed by atoms with Crippen LogP contribution in [0.4, 0.5) is 4.79 Å². The molecule has 0 unspecified atom stereocenters. The van der Waals surface area contributed by atoms with Crippen molar-refractivity contribution in [2.45, 2.75) is 77.7 Å². The molecule has 350 valence electrons.